The van der Waals surface area contributed by atoms with Crippen LogP contribution in [-0.2, 0) is 4.79 Å². The number of para-hydroxylation sites is 1. The maximum absolute atomic E-state index is 12.8. The van der Waals surface area contributed by atoms with Crippen LogP contribution in [0.5, 0.6) is 0 Å². The van der Waals surface area contributed by atoms with Gasteiger partial charge in [0.15, 0.2) is 11.5 Å². The fraction of sp³-hybridized carbons (Fsp3) is 0.478. The number of aromatic nitrogens is 2. The molecule has 0 saturated carbocycles. The molecule has 0 spiro atoms. The Morgan fingerprint density at radius 1 is 0.900 bits per heavy atom. The van der Waals surface area contributed by atoms with Gasteiger partial charge in [0, 0.05) is 37.8 Å². The van der Waals surface area contributed by atoms with Crippen molar-refractivity contribution in [3.8, 4) is 0 Å². The highest BCUT2D eigenvalue weighted by Crippen LogP contribution is 2.25. The smallest absolute Gasteiger partial charge is 0.276 e. The maximum atomic E-state index is 12.8. The van der Waals surface area contributed by atoms with Crippen LogP contribution >= 0.6 is 0 Å². The van der Waals surface area contributed by atoms with Crippen molar-refractivity contribution >= 4 is 23.3 Å². The lowest BCUT2D eigenvalue weighted by Crippen LogP contribution is -2.45. The lowest BCUT2D eigenvalue weighted by molar-refractivity contribution is -0.137. The van der Waals surface area contributed by atoms with Crippen molar-refractivity contribution in [2.24, 2.45) is 11.8 Å². The van der Waals surface area contributed by atoms with Crippen molar-refractivity contribution in [3.05, 3.63) is 48.2 Å². The van der Waals surface area contributed by atoms with Crippen LogP contribution < -0.4 is 10.2 Å². The summed E-state index contributed by atoms with van der Waals surface area (Å²) in [6.07, 6.45) is 3.90. The second kappa shape index (κ2) is 9.24. The number of carbonyl (C=O) groups excluding carboxylic acids is 2. The molecule has 2 amide bonds. The predicted octanol–water partition coefficient (Wildman–Crippen LogP) is 3.20. The number of rotatable bonds is 4. The second-order valence-corrected chi connectivity index (χ2v) is 8.37. The molecule has 7 heteroatoms. The van der Waals surface area contributed by atoms with E-state index < -0.39 is 0 Å². The molecule has 0 radical (unpaired) electrons. The topological polar surface area (TPSA) is 78.4 Å². The highest BCUT2D eigenvalue weighted by molar-refractivity contribution is 6.02. The summed E-state index contributed by atoms with van der Waals surface area (Å²) in [4.78, 5) is 29.3. The van der Waals surface area contributed by atoms with Crippen LogP contribution in [0.1, 0.15) is 43.1 Å². The number of anilines is 2. The minimum Gasteiger partial charge on any atom is -0.355 e. The van der Waals surface area contributed by atoms with Gasteiger partial charge in [-0.15, -0.1) is 10.2 Å². The van der Waals surface area contributed by atoms with Gasteiger partial charge in [0.05, 0.1) is 0 Å². The Hall–Kier alpha value is -2.96. The van der Waals surface area contributed by atoms with Crippen LogP contribution in [0.4, 0.5) is 11.5 Å². The first kappa shape index (κ1) is 20.3. The zero-order valence-electron chi connectivity index (χ0n) is 17.5. The lowest BCUT2D eigenvalue weighted by Gasteiger charge is -2.37. The predicted molar refractivity (Wildman–Crippen MR) is 116 cm³/mol. The normalized spacial score (nSPS) is 18.3. The molecule has 3 heterocycles. The van der Waals surface area contributed by atoms with Gasteiger partial charge in [-0.05, 0) is 55.9 Å². The molecule has 2 fully saturated rings. The van der Waals surface area contributed by atoms with Gasteiger partial charge >= 0.3 is 0 Å². The molecule has 1 aromatic carbocycles. The van der Waals surface area contributed by atoms with Gasteiger partial charge in [-0.1, -0.05) is 25.1 Å². The summed E-state index contributed by atoms with van der Waals surface area (Å²) < 4.78 is 0. The molecule has 0 unspecified atom stereocenters. The van der Waals surface area contributed by atoms with Crippen LogP contribution in [0.25, 0.3) is 0 Å². The van der Waals surface area contributed by atoms with Crippen LogP contribution in [0.2, 0.25) is 0 Å². The summed E-state index contributed by atoms with van der Waals surface area (Å²) in [5.74, 6) is 1.63. The Kier molecular flexibility index (Phi) is 6.26. The molecule has 0 bridgehead atoms. The van der Waals surface area contributed by atoms with Gasteiger partial charge in [0.1, 0.15) is 0 Å². The van der Waals surface area contributed by atoms with Crippen molar-refractivity contribution in [2.45, 2.75) is 32.6 Å². The molecular formula is C23H29N5O2. The molecule has 30 heavy (non-hydrogen) atoms. The molecule has 0 atom stereocenters. The third-order valence-electron chi connectivity index (χ3n) is 6.18. The van der Waals surface area contributed by atoms with Crippen LogP contribution in [-0.4, -0.2) is 53.1 Å². The van der Waals surface area contributed by atoms with Gasteiger partial charge in [-0.3, -0.25) is 9.59 Å². The quantitative estimate of drug-likeness (QED) is 0.842. The van der Waals surface area contributed by atoms with Crippen LogP contribution in [0, 0.1) is 11.8 Å². The number of piperidine rings is 2. The van der Waals surface area contributed by atoms with Gasteiger partial charge in [0.2, 0.25) is 5.91 Å². The summed E-state index contributed by atoms with van der Waals surface area (Å²) in [6, 6.07) is 12.8. The highest BCUT2D eigenvalue weighted by Gasteiger charge is 2.30. The zero-order valence-corrected chi connectivity index (χ0v) is 17.5. The van der Waals surface area contributed by atoms with Crippen LogP contribution in [0.15, 0.2) is 42.5 Å². The standard InChI is InChI=1S/C23H29N5O2/c1-17-9-13-28(14-10-17)23(30)18-11-15-27(16-12-18)21-8-7-20(25-26-21)22(29)24-19-5-3-2-4-6-19/h2-8,17-18H,9-16H2,1H3,(H,24,29). The highest BCUT2D eigenvalue weighted by atomic mass is 16.2. The first-order chi connectivity index (χ1) is 14.6. The number of likely N-dealkylation sites (tertiary alicyclic amines) is 1. The minimum atomic E-state index is -0.277. The molecule has 158 valence electrons. The number of nitrogens with one attached hydrogen (secondary N) is 1. The zero-order chi connectivity index (χ0) is 20.9. The Balaban J connectivity index is 1.29. The number of amides is 2. The lowest BCUT2D eigenvalue weighted by atomic mass is 9.92. The van der Waals surface area contributed by atoms with Crippen molar-refractivity contribution in [1.82, 2.24) is 15.1 Å². The summed E-state index contributed by atoms with van der Waals surface area (Å²) >= 11 is 0. The number of hydrogen-bond acceptors (Lipinski definition) is 5. The van der Waals surface area contributed by atoms with Gasteiger partial charge in [-0.2, -0.15) is 0 Å². The Morgan fingerprint density at radius 3 is 2.23 bits per heavy atom. The monoisotopic (exact) mass is 407 g/mol. The van der Waals surface area contributed by atoms with E-state index in [0.29, 0.717) is 5.91 Å². The van der Waals surface area contributed by atoms with Gasteiger partial charge in [-0.25, -0.2) is 0 Å². The van der Waals surface area contributed by atoms with E-state index in [9.17, 15) is 9.59 Å². The Labute approximate surface area is 177 Å². The minimum absolute atomic E-state index is 0.110. The van der Waals surface area contributed by atoms with Crippen molar-refractivity contribution < 1.29 is 9.59 Å². The number of nitrogens with zero attached hydrogens (tertiary/aromatic N) is 4. The fourth-order valence-electron chi connectivity index (χ4n) is 4.17. The molecule has 2 aliphatic rings. The van der Waals surface area contributed by atoms with E-state index >= 15 is 0 Å². The first-order valence-electron chi connectivity index (χ1n) is 10.8. The second-order valence-electron chi connectivity index (χ2n) is 8.37. The summed E-state index contributed by atoms with van der Waals surface area (Å²) in [6.45, 7) is 5.63. The number of carbonyl (C=O) groups is 2. The number of hydrogen-bond donors (Lipinski definition) is 1. The molecule has 2 saturated heterocycles. The van der Waals surface area contributed by atoms with Crippen molar-refractivity contribution in [3.63, 3.8) is 0 Å². The van der Waals surface area contributed by atoms with E-state index in [1.807, 2.05) is 36.4 Å². The summed E-state index contributed by atoms with van der Waals surface area (Å²) in [5, 5.41) is 11.2. The molecule has 1 aromatic heterocycles. The Morgan fingerprint density at radius 2 is 1.60 bits per heavy atom. The van der Waals surface area contributed by atoms with E-state index in [0.717, 1.165) is 69.3 Å². The fourth-order valence-corrected chi connectivity index (χ4v) is 4.17. The molecular weight excluding hydrogens is 378 g/mol. The van der Waals surface area contributed by atoms with E-state index in [-0.39, 0.29) is 17.5 Å². The van der Waals surface area contributed by atoms with Crippen molar-refractivity contribution in [1.29, 1.82) is 0 Å². The summed E-state index contributed by atoms with van der Waals surface area (Å²) in [5.41, 5.74) is 1.01. The van der Waals surface area contributed by atoms with E-state index in [4.69, 9.17) is 0 Å². The molecule has 1 N–H and O–H groups in total. The maximum Gasteiger partial charge on any atom is 0.276 e. The number of benzene rings is 1. The van der Waals surface area contributed by atoms with E-state index in [1.165, 1.54) is 0 Å². The third-order valence-corrected chi connectivity index (χ3v) is 6.18. The average Bonchev–Trinajstić information content (AvgIpc) is 2.80. The van der Waals surface area contributed by atoms with E-state index in [2.05, 4.69) is 32.2 Å². The van der Waals surface area contributed by atoms with Gasteiger partial charge in [0.25, 0.3) is 5.91 Å². The largest absolute Gasteiger partial charge is 0.355 e. The SMILES string of the molecule is CC1CCN(C(=O)C2CCN(c3ccc(C(=O)Nc4ccccc4)nn3)CC2)CC1. The summed E-state index contributed by atoms with van der Waals surface area (Å²) in [7, 11) is 0. The van der Waals surface area contributed by atoms with E-state index in [1.54, 1.807) is 6.07 Å². The molecule has 2 aliphatic heterocycles. The Bertz CT molecular complexity index is 855. The average molecular weight is 408 g/mol. The first-order valence-corrected chi connectivity index (χ1v) is 10.8. The molecule has 0 aliphatic carbocycles. The third kappa shape index (κ3) is 4.78. The van der Waals surface area contributed by atoms with Gasteiger partial charge < -0.3 is 15.1 Å². The van der Waals surface area contributed by atoms with Crippen molar-refractivity contribution in [2.75, 3.05) is 36.4 Å². The molecule has 7 nitrogen and oxygen atoms in total. The molecule has 4 rings (SSSR count). The molecule has 2 aromatic rings. The van der Waals surface area contributed by atoms with Crippen LogP contribution in [0.3, 0.4) is 0 Å².